The van der Waals surface area contributed by atoms with Crippen LogP contribution in [0.15, 0.2) is 0 Å². The van der Waals surface area contributed by atoms with Gasteiger partial charge in [-0.25, -0.2) is 15.6 Å². The van der Waals surface area contributed by atoms with E-state index < -0.39 is 23.7 Å². The van der Waals surface area contributed by atoms with Gasteiger partial charge in [0.25, 0.3) is 0 Å². The monoisotopic (exact) mass is 219 g/mol. The summed E-state index contributed by atoms with van der Waals surface area (Å²) in [4.78, 5) is 21.4. The molecule has 0 aromatic carbocycles. The molecule has 1 atom stereocenters. The summed E-state index contributed by atoms with van der Waals surface area (Å²) in [6, 6.07) is -0.820. The number of carbonyl (C=O) groups excluding carboxylic acids is 1. The summed E-state index contributed by atoms with van der Waals surface area (Å²) in [6.45, 7) is 6.59. The predicted molar refractivity (Wildman–Crippen MR) is 52.7 cm³/mol. The Balaban J connectivity index is 3.69. The summed E-state index contributed by atoms with van der Waals surface area (Å²) < 4.78 is 4.88. The number of carboxylic acids is 1. The molecule has 15 heavy (non-hydrogen) atoms. The maximum Gasteiger partial charge on any atom is 0.423 e. The zero-order valence-corrected chi connectivity index (χ0v) is 9.25. The number of hydrogen-bond donors (Lipinski definition) is 4. The highest BCUT2D eigenvalue weighted by molar-refractivity contribution is 5.72. The lowest BCUT2D eigenvalue weighted by atomic mass is 10.2. The molecule has 0 heterocycles. The average molecular weight is 219 g/mol. The van der Waals surface area contributed by atoms with Crippen LogP contribution in [-0.2, 0) is 9.53 Å². The number of nitrogens with one attached hydrogen (secondary N) is 3. The molecule has 4 N–H and O–H groups in total. The van der Waals surface area contributed by atoms with Gasteiger partial charge in [-0.05, 0) is 27.7 Å². The van der Waals surface area contributed by atoms with Crippen molar-refractivity contribution in [1.29, 1.82) is 0 Å². The first-order chi connectivity index (χ1) is 6.72. The molecular weight excluding hydrogens is 202 g/mol. The van der Waals surface area contributed by atoms with Gasteiger partial charge in [-0.2, -0.15) is 5.53 Å². The van der Waals surface area contributed by atoms with Gasteiger partial charge in [-0.1, -0.05) is 0 Å². The Labute approximate surface area is 88.1 Å². The third-order valence-corrected chi connectivity index (χ3v) is 1.22. The Morgan fingerprint density at radius 1 is 1.33 bits per heavy atom. The Morgan fingerprint density at radius 2 is 1.87 bits per heavy atom. The topological polar surface area (TPSA) is 99.7 Å². The number of carbonyl (C=O) groups is 2. The molecule has 0 aromatic heterocycles. The van der Waals surface area contributed by atoms with Crippen LogP contribution in [0.4, 0.5) is 4.79 Å². The minimum atomic E-state index is -1.03. The second-order valence-corrected chi connectivity index (χ2v) is 3.96. The molecule has 0 aliphatic heterocycles. The first-order valence-corrected chi connectivity index (χ1v) is 4.44. The zero-order chi connectivity index (χ0) is 12.1. The van der Waals surface area contributed by atoms with E-state index in [1.807, 2.05) is 0 Å². The van der Waals surface area contributed by atoms with Crippen molar-refractivity contribution in [3.05, 3.63) is 0 Å². The fourth-order valence-corrected chi connectivity index (χ4v) is 0.561. The number of rotatable bonds is 4. The first-order valence-electron chi connectivity index (χ1n) is 4.44. The Kier molecular flexibility index (Phi) is 5.03. The van der Waals surface area contributed by atoms with Crippen LogP contribution in [0.2, 0.25) is 0 Å². The van der Waals surface area contributed by atoms with Crippen LogP contribution in [0.1, 0.15) is 27.7 Å². The zero-order valence-electron chi connectivity index (χ0n) is 9.25. The van der Waals surface area contributed by atoms with Crippen LogP contribution >= 0.6 is 0 Å². The molecule has 0 rings (SSSR count). The molecule has 0 aromatic rings. The minimum Gasteiger partial charge on any atom is -0.480 e. The van der Waals surface area contributed by atoms with Crippen molar-refractivity contribution in [3.8, 4) is 0 Å². The molecule has 0 unspecified atom stereocenters. The van der Waals surface area contributed by atoms with Gasteiger partial charge >= 0.3 is 12.1 Å². The van der Waals surface area contributed by atoms with E-state index in [-0.39, 0.29) is 0 Å². The molecule has 0 spiro atoms. The lowest BCUT2D eigenvalue weighted by molar-refractivity contribution is -0.139. The third kappa shape index (κ3) is 7.71. The smallest absolute Gasteiger partial charge is 0.423 e. The highest BCUT2D eigenvalue weighted by atomic mass is 16.6. The fourth-order valence-electron chi connectivity index (χ4n) is 0.561. The predicted octanol–water partition coefficient (Wildman–Crippen LogP) is -0.00660. The molecule has 7 heteroatoms. The van der Waals surface area contributed by atoms with Gasteiger partial charge < -0.3 is 9.84 Å². The normalized spacial score (nSPS) is 13.1. The highest BCUT2D eigenvalue weighted by Crippen LogP contribution is 2.05. The van der Waals surface area contributed by atoms with Crippen molar-refractivity contribution in [2.75, 3.05) is 0 Å². The first kappa shape index (κ1) is 13.7. The van der Waals surface area contributed by atoms with Crippen molar-refractivity contribution in [2.45, 2.75) is 39.3 Å². The van der Waals surface area contributed by atoms with Gasteiger partial charge in [0.15, 0.2) is 0 Å². The molecule has 7 nitrogen and oxygen atoms in total. The molecule has 0 bridgehead atoms. The van der Waals surface area contributed by atoms with E-state index in [1.165, 1.54) is 6.92 Å². The number of hydrogen-bond acceptors (Lipinski definition) is 5. The van der Waals surface area contributed by atoms with Crippen LogP contribution < -0.4 is 16.4 Å². The molecule has 0 aliphatic rings. The molecule has 0 aliphatic carbocycles. The van der Waals surface area contributed by atoms with Crippen molar-refractivity contribution in [3.63, 3.8) is 0 Å². The van der Waals surface area contributed by atoms with Crippen LogP contribution in [-0.4, -0.2) is 28.8 Å². The van der Waals surface area contributed by atoms with Crippen molar-refractivity contribution < 1.29 is 19.4 Å². The van der Waals surface area contributed by atoms with E-state index in [4.69, 9.17) is 9.84 Å². The molecular formula is C8H17N3O4. The number of hydrazine groups is 2. The van der Waals surface area contributed by atoms with Crippen molar-refractivity contribution in [1.82, 2.24) is 16.4 Å². The van der Waals surface area contributed by atoms with Crippen molar-refractivity contribution in [2.24, 2.45) is 0 Å². The fraction of sp³-hybridized carbons (Fsp3) is 0.750. The quantitative estimate of drug-likeness (QED) is 0.496. The Morgan fingerprint density at radius 3 is 2.27 bits per heavy atom. The van der Waals surface area contributed by atoms with E-state index in [0.29, 0.717) is 0 Å². The summed E-state index contributed by atoms with van der Waals surface area (Å²) in [7, 11) is 0. The highest BCUT2D eigenvalue weighted by Gasteiger charge is 2.16. The van der Waals surface area contributed by atoms with Crippen molar-refractivity contribution >= 4 is 12.1 Å². The average Bonchev–Trinajstić information content (AvgIpc) is 2.00. The van der Waals surface area contributed by atoms with E-state index in [2.05, 4.69) is 16.4 Å². The Hall–Kier alpha value is -1.34. The van der Waals surface area contributed by atoms with Crippen LogP contribution in [0.25, 0.3) is 0 Å². The second kappa shape index (κ2) is 5.52. The molecule has 0 fully saturated rings. The van der Waals surface area contributed by atoms with Gasteiger partial charge in [0.2, 0.25) is 0 Å². The van der Waals surface area contributed by atoms with Crippen LogP contribution in [0.5, 0.6) is 0 Å². The molecule has 0 saturated carbocycles. The number of carboxylic acid groups (broad SMARTS) is 1. The standard InChI is InChI=1S/C8H17N3O4/c1-5(6(12)13)9-11-10-7(14)15-8(2,3)4/h5,9,11H,1-4H3,(H,10,14)(H,12,13)/t5-/m0/s1. The number of aliphatic carboxylic acids is 1. The SMILES string of the molecule is C[C@H](NNNC(=O)OC(C)(C)C)C(=O)O. The summed E-state index contributed by atoms with van der Waals surface area (Å²) in [5.74, 6) is -1.03. The second-order valence-electron chi connectivity index (χ2n) is 3.96. The maximum atomic E-state index is 11.0. The summed E-state index contributed by atoms with van der Waals surface area (Å²) >= 11 is 0. The van der Waals surface area contributed by atoms with E-state index in [0.717, 1.165) is 0 Å². The molecule has 0 radical (unpaired) electrons. The third-order valence-electron chi connectivity index (χ3n) is 1.22. The van der Waals surface area contributed by atoms with E-state index >= 15 is 0 Å². The van der Waals surface area contributed by atoms with Crippen LogP contribution in [0.3, 0.4) is 0 Å². The van der Waals surface area contributed by atoms with Gasteiger partial charge in [0, 0.05) is 0 Å². The van der Waals surface area contributed by atoms with Gasteiger partial charge in [0.1, 0.15) is 11.6 Å². The lowest BCUT2D eigenvalue weighted by Crippen LogP contribution is -2.53. The summed E-state index contributed by atoms with van der Waals surface area (Å²) in [5.41, 5.74) is 6.12. The largest absolute Gasteiger partial charge is 0.480 e. The van der Waals surface area contributed by atoms with Crippen LogP contribution in [0, 0.1) is 0 Å². The number of amides is 1. The number of ether oxygens (including phenoxy) is 1. The lowest BCUT2D eigenvalue weighted by Gasteiger charge is -2.20. The van der Waals surface area contributed by atoms with E-state index in [1.54, 1.807) is 20.8 Å². The minimum absolute atomic E-state index is 0.593. The summed E-state index contributed by atoms with van der Waals surface area (Å²) in [6.07, 6.45) is -0.687. The van der Waals surface area contributed by atoms with E-state index in [9.17, 15) is 9.59 Å². The molecule has 88 valence electrons. The van der Waals surface area contributed by atoms with Gasteiger partial charge in [0.05, 0.1) is 0 Å². The van der Waals surface area contributed by atoms with Gasteiger partial charge in [-0.3, -0.25) is 4.79 Å². The molecule has 1 amide bonds. The maximum absolute atomic E-state index is 11.0. The summed E-state index contributed by atoms with van der Waals surface area (Å²) in [5, 5.41) is 8.49. The Bertz CT molecular complexity index is 237. The van der Waals surface area contributed by atoms with Gasteiger partial charge in [-0.15, -0.1) is 0 Å². The molecule has 0 saturated heterocycles.